The van der Waals surface area contributed by atoms with Gasteiger partial charge in [0.15, 0.2) is 0 Å². The summed E-state index contributed by atoms with van der Waals surface area (Å²) in [7, 11) is 0. The number of esters is 1. The van der Waals surface area contributed by atoms with Crippen LogP contribution in [0.15, 0.2) is 42.6 Å². The smallest absolute Gasteiger partial charge is 0.361 e. The van der Waals surface area contributed by atoms with Crippen LogP contribution in [-0.4, -0.2) is 55.9 Å². The molecular weight excluding hydrogens is 563 g/mol. The molecule has 0 N–H and O–H groups in total. The lowest BCUT2D eigenvalue weighted by Gasteiger charge is -2.38. The highest BCUT2D eigenvalue weighted by Crippen LogP contribution is 2.40. The molecule has 32 heavy (non-hydrogen) atoms. The Balaban J connectivity index is 1.69. The summed E-state index contributed by atoms with van der Waals surface area (Å²) >= 11 is 22.7. The molecule has 0 bridgehead atoms. The number of fused-ring (bicyclic) bond motifs is 1. The molecule has 0 spiro atoms. The Kier molecular flexibility index (Phi) is 7.29. The van der Waals surface area contributed by atoms with E-state index in [1.165, 1.54) is 23.6 Å². The molecule has 2 aromatic heterocycles. The number of alkyl halides is 4. The zero-order valence-electron chi connectivity index (χ0n) is 16.6. The number of benzene rings is 1. The molecule has 1 aromatic carbocycles. The van der Waals surface area contributed by atoms with E-state index in [1.54, 1.807) is 17.0 Å². The fraction of sp³-hybridized carbons (Fsp3) is 0.350. The summed E-state index contributed by atoms with van der Waals surface area (Å²) in [5.74, 6) is -0.689. The third kappa shape index (κ3) is 5.20. The number of rotatable bonds is 6. The number of hydrogen-bond acceptors (Lipinski definition) is 7. The number of carbonyl (C=O) groups is 1. The molecule has 3 aromatic rings. The van der Waals surface area contributed by atoms with Crippen molar-refractivity contribution in [3.63, 3.8) is 0 Å². The SMILES string of the molecule is O=C(OC1CN(CC(Cl)(Cl)Cl)C[N+]1([O-])c1nc2cccc(CCBr)c2s1)c1ccccn1. The van der Waals surface area contributed by atoms with E-state index in [4.69, 9.17) is 39.5 Å². The number of ether oxygens (including phenoxy) is 1. The number of pyridine rings is 1. The van der Waals surface area contributed by atoms with Crippen LogP contribution in [0.4, 0.5) is 5.13 Å². The lowest BCUT2D eigenvalue weighted by atomic mass is 10.2. The summed E-state index contributed by atoms with van der Waals surface area (Å²) in [5, 5.41) is 15.2. The van der Waals surface area contributed by atoms with E-state index in [2.05, 4.69) is 25.9 Å². The zero-order chi connectivity index (χ0) is 22.9. The van der Waals surface area contributed by atoms with Gasteiger partial charge in [0.25, 0.3) is 11.4 Å². The molecular formula is C20H18BrCl3N4O3S. The summed E-state index contributed by atoms with van der Waals surface area (Å²) in [5.41, 5.74) is 1.93. The Hall–Kier alpha value is -1.04. The summed E-state index contributed by atoms with van der Waals surface area (Å²) in [6.45, 7) is 0.0408. The van der Waals surface area contributed by atoms with Gasteiger partial charge in [0, 0.05) is 11.5 Å². The Bertz CT molecular complexity index is 1110. The van der Waals surface area contributed by atoms with E-state index in [0.717, 1.165) is 27.5 Å². The van der Waals surface area contributed by atoms with Crippen LogP contribution < -0.4 is 4.65 Å². The molecule has 3 heterocycles. The number of hydroxylamine groups is 2. The maximum atomic E-state index is 14.1. The quantitative estimate of drug-likeness (QED) is 0.171. The van der Waals surface area contributed by atoms with E-state index in [-0.39, 0.29) is 30.6 Å². The van der Waals surface area contributed by atoms with E-state index < -0.39 is 20.6 Å². The van der Waals surface area contributed by atoms with Crippen LogP contribution in [0.2, 0.25) is 0 Å². The van der Waals surface area contributed by atoms with Gasteiger partial charge >= 0.3 is 5.97 Å². The van der Waals surface area contributed by atoms with Gasteiger partial charge in [-0.2, -0.15) is 4.98 Å². The maximum absolute atomic E-state index is 14.1. The van der Waals surface area contributed by atoms with Crippen molar-refractivity contribution >= 4 is 83.4 Å². The monoisotopic (exact) mass is 578 g/mol. The predicted octanol–water partition coefficient (Wildman–Crippen LogP) is 5.26. The highest BCUT2D eigenvalue weighted by atomic mass is 79.9. The van der Waals surface area contributed by atoms with Crippen molar-refractivity contribution < 1.29 is 9.53 Å². The molecule has 0 amide bonds. The Morgan fingerprint density at radius 1 is 1.31 bits per heavy atom. The van der Waals surface area contributed by atoms with Crippen LogP contribution in [0.25, 0.3) is 10.2 Å². The topological polar surface area (TPSA) is 78.4 Å². The molecule has 2 atom stereocenters. The Morgan fingerprint density at radius 2 is 2.12 bits per heavy atom. The molecule has 0 aliphatic carbocycles. The van der Waals surface area contributed by atoms with Gasteiger partial charge in [-0.25, -0.2) is 14.7 Å². The molecule has 1 aliphatic rings. The van der Waals surface area contributed by atoms with Crippen molar-refractivity contribution in [2.75, 3.05) is 25.1 Å². The lowest BCUT2D eigenvalue weighted by molar-refractivity contribution is 0.00503. The van der Waals surface area contributed by atoms with Gasteiger partial charge in [-0.3, -0.25) is 4.65 Å². The molecule has 2 unspecified atom stereocenters. The highest BCUT2D eigenvalue weighted by Gasteiger charge is 2.48. The average molecular weight is 581 g/mol. The third-order valence-corrected chi connectivity index (χ3v) is 7.00. The first-order valence-corrected chi connectivity index (χ1v) is 12.7. The molecule has 1 aliphatic heterocycles. The number of quaternary nitrogens is 1. The van der Waals surface area contributed by atoms with Gasteiger partial charge in [0.05, 0.1) is 23.3 Å². The van der Waals surface area contributed by atoms with Crippen LogP contribution in [0.1, 0.15) is 16.1 Å². The van der Waals surface area contributed by atoms with Gasteiger partial charge < -0.3 is 9.94 Å². The molecule has 0 radical (unpaired) electrons. The Labute approximate surface area is 212 Å². The van der Waals surface area contributed by atoms with Crippen molar-refractivity contribution in [1.29, 1.82) is 0 Å². The second-order valence-corrected chi connectivity index (χ2v) is 11.6. The molecule has 12 heteroatoms. The largest absolute Gasteiger partial charge is 0.622 e. The summed E-state index contributed by atoms with van der Waals surface area (Å²) in [4.78, 5) is 22.9. The fourth-order valence-electron chi connectivity index (χ4n) is 3.60. The average Bonchev–Trinajstić information content (AvgIpc) is 3.30. The second kappa shape index (κ2) is 9.68. The first kappa shape index (κ1) is 24.1. The number of halogens is 4. The standard InChI is InChI=1S/C20H18BrCl3N4O3S/c21-8-7-13-4-3-6-14-17(13)32-19(26-14)28(30)12-27(11-20(22,23)24)10-16(28)31-18(29)15-5-1-2-9-25-15/h1-6,9,16H,7-8,10-12H2. The van der Waals surface area contributed by atoms with Gasteiger partial charge in [-0.15, -0.1) is 0 Å². The zero-order valence-corrected chi connectivity index (χ0v) is 21.3. The van der Waals surface area contributed by atoms with Crippen molar-refractivity contribution in [2.24, 2.45) is 0 Å². The first-order chi connectivity index (χ1) is 15.2. The number of hydrogen-bond donors (Lipinski definition) is 0. The van der Waals surface area contributed by atoms with Crippen LogP contribution in [0.5, 0.6) is 0 Å². The normalized spacial score (nSPS) is 21.8. The van der Waals surface area contributed by atoms with Crippen LogP contribution in [0, 0.1) is 5.21 Å². The minimum atomic E-state index is -1.58. The van der Waals surface area contributed by atoms with Crippen molar-refractivity contribution in [3.8, 4) is 0 Å². The van der Waals surface area contributed by atoms with Crippen molar-refractivity contribution in [3.05, 3.63) is 59.1 Å². The van der Waals surface area contributed by atoms with Crippen LogP contribution in [-0.2, 0) is 11.2 Å². The van der Waals surface area contributed by atoms with E-state index in [1.807, 2.05) is 18.2 Å². The number of carbonyl (C=O) groups excluding carboxylic acids is 1. The molecule has 4 rings (SSSR count). The molecule has 1 saturated heterocycles. The molecule has 0 saturated carbocycles. The lowest BCUT2D eigenvalue weighted by Crippen LogP contribution is -2.51. The number of nitrogens with zero attached hydrogens (tertiary/aromatic N) is 4. The first-order valence-electron chi connectivity index (χ1n) is 9.64. The van der Waals surface area contributed by atoms with Crippen molar-refractivity contribution in [2.45, 2.75) is 16.4 Å². The van der Waals surface area contributed by atoms with Crippen LogP contribution in [0.3, 0.4) is 0 Å². The van der Waals surface area contributed by atoms with Crippen molar-refractivity contribution in [1.82, 2.24) is 19.5 Å². The van der Waals surface area contributed by atoms with Gasteiger partial charge in [-0.1, -0.05) is 80.3 Å². The molecule has 7 nitrogen and oxygen atoms in total. The second-order valence-electron chi connectivity index (χ2n) is 7.34. The highest BCUT2D eigenvalue weighted by molar-refractivity contribution is 9.09. The molecule has 170 valence electrons. The molecule has 1 fully saturated rings. The minimum Gasteiger partial charge on any atom is -0.622 e. The Morgan fingerprint density at radius 3 is 2.81 bits per heavy atom. The van der Waals surface area contributed by atoms with Gasteiger partial charge in [0.2, 0.25) is 3.79 Å². The van der Waals surface area contributed by atoms with Crippen LogP contribution >= 0.6 is 62.1 Å². The van der Waals surface area contributed by atoms with E-state index in [0.29, 0.717) is 0 Å². The minimum absolute atomic E-state index is 0.0112. The van der Waals surface area contributed by atoms with E-state index >= 15 is 0 Å². The predicted molar refractivity (Wildman–Crippen MR) is 132 cm³/mol. The number of aryl methyl sites for hydroxylation is 1. The summed E-state index contributed by atoms with van der Waals surface area (Å²) < 4.78 is 4.01. The number of thiazole rings is 1. The van der Waals surface area contributed by atoms with Gasteiger partial charge in [0.1, 0.15) is 12.4 Å². The maximum Gasteiger partial charge on any atom is 0.361 e. The number of aromatic nitrogens is 2. The van der Waals surface area contributed by atoms with E-state index in [9.17, 15) is 10.0 Å². The summed E-state index contributed by atoms with van der Waals surface area (Å²) in [6, 6.07) is 10.7. The fourth-order valence-corrected chi connectivity index (χ4v) is 5.71. The summed E-state index contributed by atoms with van der Waals surface area (Å²) in [6.07, 6.45) is 1.20. The third-order valence-electron chi connectivity index (χ3n) is 4.98. The van der Waals surface area contributed by atoms with Gasteiger partial charge in [-0.05, 0) is 30.2 Å².